The van der Waals surface area contributed by atoms with Gasteiger partial charge in [-0.15, -0.1) is 0 Å². The van der Waals surface area contributed by atoms with Crippen LogP contribution in [0.1, 0.15) is 217 Å². The molecule has 1 N–H and O–H groups in total. The normalized spacial score (nSPS) is 13.4. The second-order valence-corrected chi connectivity index (χ2v) is 16.3. The Kier molecular flexibility index (Phi) is 23.8. The van der Waals surface area contributed by atoms with Gasteiger partial charge in [0, 0.05) is 5.41 Å². The zero-order valence-corrected chi connectivity index (χ0v) is 34.0. The molecule has 0 aliphatic rings. The highest BCUT2D eigenvalue weighted by molar-refractivity contribution is 5.32. The summed E-state index contributed by atoms with van der Waals surface area (Å²) >= 11 is 0. The first-order valence-electron chi connectivity index (χ1n) is 22.3. The summed E-state index contributed by atoms with van der Waals surface area (Å²) in [4.78, 5) is 3.82. The van der Waals surface area contributed by atoms with Gasteiger partial charge in [0.2, 0.25) is 0 Å². The molecule has 286 valence electrons. The molecule has 3 rings (SSSR count). The number of hydrogen-bond donors (Lipinski definition) is 1. The van der Waals surface area contributed by atoms with Crippen LogP contribution in [0, 0.1) is 0 Å². The van der Waals surface area contributed by atoms with Crippen molar-refractivity contribution in [3.05, 3.63) is 90.0 Å². The number of H-pyrrole nitrogens is 1. The molecule has 51 heavy (non-hydrogen) atoms. The molecule has 2 atom stereocenters. The molecule has 2 nitrogen and oxygen atoms in total. The van der Waals surface area contributed by atoms with Crippen LogP contribution in [-0.2, 0) is 18.4 Å². The van der Waals surface area contributed by atoms with Crippen LogP contribution in [0.5, 0.6) is 0 Å². The average molecular weight is 698 g/mol. The van der Waals surface area contributed by atoms with Crippen LogP contribution >= 0.6 is 0 Å². The number of hydrogen-bond acceptors (Lipinski definition) is 0. The molecular weight excluding hydrogens is 617 g/mol. The van der Waals surface area contributed by atoms with Gasteiger partial charge in [-0.3, -0.25) is 0 Å². The number of aromatic nitrogens is 2. The Bertz CT molecular complexity index is 1180. The van der Waals surface area contributed by atoms with Crippen molar-refractivity contribution >= 4 is 0 Å². The smallest absolute Gasteiger partial charge is 0.247 e. The van der Waals surface area contributed by atoms with Crippen molar-refractivity contribution in [3.63, 3.8) is 0 Å². The minimum Gasteiger partial charge on any atom is -0.247 e. The maximum absolute atomic E-state index is 3.82. The second-order valence-electron chi connectivity index (χ2n) is 16.3. The SMILES string of the molecule is CCCCCCCCCCCCCCCCCCCC(c1[nH]cc[n+]1CCCCCCCCCCC)C(C)(Cc1ccccc1)c1ccccc1. The number of nitrogens with zero attached hydrogens (tertiary/aromatic N) is 1. The van der Waals surface area contributed by atoms with Crippen LogP contribution in [0.3, 0.4) is 0 Å². The number of rotatable bonds is 33. The molecule has 2 aromatic carbocycles. The van der Waals surface area contributed by atoms with Gasteiger partial charge < -0.3 is 0 Å². The van der Waals surface area contributed by atoms with E-state index in [0.717, 1.165) is 13.0 Å². The van der Waals surface area contributed by atoms with E-state index in [1.807, 2.05) is 0 Å². The summed E-state index contributed by atoms with van der Waals surface area (Å²) in [7, 11) is 0. The van der Waals surface area contributed by atoms with Crippen LogP contribution in [-0.4, -0.2) is 4.98 Å². The predicted octanol–water partition coefficient (Wildman–Crippen LogP) is 15.2. The Balaban J connectivity index is 1.51. The van der Waals surface area contributed by atoms with Gasteiger partial charge in [0.05, 0.1) is 12.5 Å². The molecule has 0 saturated heterocycles. The standard InChI is InChI=1S/C49H80N2/c1-4-6-8-10-12-14-15-16-17-18-19-20-21-22-24-26-34-40-47(48-50-41-43-51(48)42-35-27-25-23-13-11-9-7-5-2)49(3,46-38-32-29-33-39-46)44-45-36-30-28-31-37-45/h28-33,36-39,41,43,47H,4-27,34-35,40,42,44H2,1-3H3/p+1. The zero-order chi connectivity index (χ0) is 36.1. The Morgan fingerprint density at radius 1 is 0.510 bits per heavy atom. The molecule has 0 radical (unpaired) electrons. The van der Waals surface area contributed by atoms with Crippen LogP contribution < -0.4 is 4.57 Å². The Hall–Kier alpha value is -2.35. The fraction of sp³-hybridized carbons (Fsp3) is 0.694. The van der Waals surface area contributed by atoms with Crippen molar-refractivity contribution < 1.29 is 4.57 Å². The molecule has 0 spiro atoms. The summed E-state index contributed by atoms with van der Waals surface area (Å²) in [6, 6.07) is 22.7. The molecule has 3 aromatic rings. The number of aromatic amines is 1. The molecule has 0 fully saturated rings. The molecule has 0 bridgehead atoms. The number of imidazole rings is 1. The minimum absolute atomic E-state index is 0.00274. The van der Waals surface area contributed by atoms with Crippen LogP contribution in [0.25, 0.3) is 0 Å². The van der Waals surface area contributed by atoms with Crippen LogP contribution in [0.4, 0.5) is 0 Å². The van der Waals surface area contributed by atoms with Gasteiger partial charge in [0.25, 0.3) is 5.82 Å². The van der Waals surface area contributed by atoms with Gasteiger partial charge in [0.15, 0.2) is 0 Å². The van der Waals surface area contributed by atoms with Gasteiger partial charge >= 0.3 is 0 Å². The summed E-state index contributed by atoms with van der Waals surface area (Å²) in [6.45, 7) is 8.30. The quantitative estimate of drug-likeness (QED) is 0.0483. The van der Waals surface area contributed by atoms with Crippen LogP contribution in [0.2, 0.25) is 0 Å². The largest absolute Gasteiger partial charge is 0.258 e. The Morgan fingerprint density at radius 3 is 1.39 bits per heavy atom. The lowest BCUT2D eigenvalue weighted by Crippen LogP contribution is -2.43. The molecule has 2 unspecified atom stereocenters. The van der Waals surface area contributed by atoms with Crippen molar-refractivity contribution in [2.45, 2.75) is 218 Å². The molecular formula is C49H81N2+. The summed E-state index contributed by atoms with van der Waals surface area (Å²) in [5.41, 5.74) is 2.91. The number of unbranched alkanes of at least 4 members (excludes halogenated alkanes) is 24. The van der Waals surface area contributed by atoms with E-state index in [0.29, 0.717) is 5.92 Å². The van der Waals surface area contributed by atoms with Crippen molar-refractivity contribution in [1.29, 1.82) is 0 Å². The van der Waals surface area contributed by atoms with Crippen molar-refractivity contribution in [2.24, 2.45) is 0 Å². The van der Waals surface area contributed by atoms with Crippen LogP contribution in [0.15, 0.2) is 73.1 Å². The average Bonchev–Trinajstić information content (AvgIpc) is 3.62. The lowest BCUT2D eigenvalue weighted by atomic mass is 9.66. The molecule has 0 aliphatic heterocycles. The maximum Gasteiger partial charge on any atom is 0.258 e. The maximum atomic E-state index is 3.82. The topological polar surface area (TPSA) is 19.7 Å². The third-order valence-corrected chi connectivity index (χ3v) is 11.8. The molecule has 0 aliphatic carbocycles. The molecule has 1 heterocycles. The fourth-order valence-electron chi connectivity index (χ4n) is 8.56. The first kappa shape index (κ1) is 43.1. The van der Waals surface area contributed by atoms with E-state index < -0.39 is 0 Å². The van der Waals surface area contributed by atoms with E-state index in [4.69, 9.17) is 0 Å². The molecule has 1 aromatic heterocycles. The van der Waals surface area contributed by atoms with Gasteiger partial charge in [0.1, 0.15) is 12.4 Å². The highest BCUT2D eigenvalue weighted by Gasteiger charge is 2.41. The van der Waals surface area contributed by atoms with Gasteiger partial charge in [-0.05, 0) is 36.8 Å². The Morgan fingerprint density at radius 2 is 0.922 bits per heavy atom. The molecule has 2 heteroatoms. The summed E-state index contributed by atoms with van der Waals surface area (Å²) in [6.07, 6.45) is 43.4. The van der Waals surface area contributed by atoms with Crippen molar-refractivity contribution in [1.82, 2.24) is 4.98 Å². The van der Waals surface area contributed by atoms with E-state index in [9.17, 15) is 0 Å². The number of nitrogens with one attached hydrogen (secondary N) is 1. The van der Waals surface area contributed by atoms with E-state index in [2.05, 4.69) is 103 Å². The number of benzene rings is 2. The minimum atomic E-state index is 0.00274. The first-order valence-corrected chi connectivity index (χ1v) is 22.3. The first-order chi connectivity index (χ1) is 25.2. The predicted molar refractivity (Wildman–Crippen MR) is 224 cm³/mol. The third-order valence-electron chi connectivity index (χ3n) is 11.8. The van der Waals surface area contributed by atoms with Crippen molar-refractivity contribution in [2.75, 3.05) is 0 Å². The molecule has 0 amide bonds. The lowest BCUT2D eigenvalue weighted by molar-refractivity contribution is -0.705. The summed E-state index contributed by atoms with van der Waals surface area (Å²) in [5.74, 6) is 1.87. The third kappa shape index (κ3) is 17.8. The second kappa shape index (κ2) is 28.2. The van der Waals surface area contributed by atoms with E-state index in [-0.39, 0.29) is 5.41 Å². The van der Waals surface area contributed by atoms with Crippen molar-refractivity contribution in [3.8, 4) is 0 Å². The monoisotopic (exact) mass is 698 g/mol. The summed E-state index contributed by atoms with van der Waals surface area (Å²) < 4.78 is 2.59. The fourth-order valence-corrected chi connectivity index (χ4v) is 8.56. The lowest BCUT2D eigenvalue weighted by Gasteiger charge is -2.37. The number of aryl methyl sites for hydroxylation is 1. The van der Waals surface area contributed by atoms with Gasteiger partial charge in [-0.1, -0.05) is 236 Å². The highest BCUT2D eigenvalue weighted by atomic mass is 15.1. The van der Waals surface area contributed by atoms with E-state index in [1.165, 1.54) is 190 Å². The van der Waals surface area contributed by atoms with Gasteiger partial charge in [-0.25, -0.2) is 9.55 Å². The highest BCUT2D eigenvalue weighted by Crippen LogP contribution is 2.43. The molecule has 0 saturated carbocycles. The zero-order valence-electron chi connectivity index (χ0n) is 34.0. The Labute approximate surface area is 317 Å². The van der Waals surface area contributed by atoms with E-state index in [1.54, 1.807) is 0 Å². The summed E-state index contributed by atoms with van der Waals surface area (Å²) in [5, 5.41) is 0. The van der Waals surface area contributed by atoms with E-state index >= 15 is 0 Å². The van der Waals surface area contributed by atoms with Gasteiger partial charge in [-0.2, -0.15) is 0 Å².